The van der Waals surface area contributed by atoms with Gasteiger partial charge in [-0.3, -0.25) is 0 Å². The zero-order valence-corrected chi connectivity index (χ0v) is 19.5. The van der Waals surface area contributed by atoms with E-state index in [9.17, 15) is 4.79 Å². The van der Waals surface area contributed by atoms with Gasteiger partial charge in [0.25, 0.3) is 0 Å². The van der Waals surface area contributed by atoms with E-state index in [2.05, 4.69) is 74.4 Å². The van der Waals surface area contributed by atoms with Crippen molar-refractivity contribution in [2.75, 3.05) is 31.8 Å². The topological polar surface area (TPSA) is 38.3 Å². The summed E-state index contributed by atoms with van der Waals surface area (Å²) in [6.45, 7) is 7.61. The van der Waals surface area contributed by atoms with E-state index in [-0.39, 0.29) is 17.6 Å². The van der Waals surface area contributed by atoms with E-state index in [1.807, 2.05) is 0 Å². The van der Waals surface area contributed by atoms with Crippen LogP contribution in [0.3, 0.4) is 0 Å². The molecule has 0 radical (unpaired) electrons. The third kappa shape index (κ3) is 3.36. The van der Waals surface area contributed by atoms with Gasteiger partial charge >= 0.3 is 181 Å². The van der Waals surface area contributed by atoms with Crippen molar-refractivity contribution in [3.8, 4) is 11.1 Å². The Bertz CT molecular complexity index is 925. The van der Waals surface area contributed by atoms with Crippen molar-refractivity contribution >= 4 is 13.4 Å². The first-order chi connectivity index (χ1) is 14.3. The zero-order chi connectivity index (χ0) is 21.0. The van der Waals surface area contributed by atoms with Crippen LogP contribution in [0.25, 0.3) is 11.1 Å². The Kier molecular flexibility index (Phi) is 4.74. The van der Waals surface area contributed by atoms with Gasteiger partial charge in [0.2, 0.25) is 0 Å². The Morgan fingerprint density at radius 3 is 2.33 bits per heavy atom. The Morgan fingerprint density at radius 2 is 1.73 bits per heavy atom. The molecule has 3 aliphatic rings. The standard InChI is InChI=1S/C26H34NO2P/c1-4-26(16-25(2)13-14-30(3,17-25)18-26)27-24(28)29-15-23-21-11-7-5-9-19(21)20-10-6-8-12-22(20)23/h5-12,23,30H,4,13-18H2,1-3H3,(H,27,28). The molecule has 30 heavy (non-hydrogen) atoms. The molecule has 2 unspecified atom stereocenters. The summed E-state index contributed by atoms with van der Waals surface area (Å²) in [4.78, 5) is 13.0. The molecule has 1 N–H and O–H groups in total. The minimum absolute atomic E-state index is 0.0763. The van der Waals surface area contributed by atoms with Crippen molar-refractivity contribution in [2.24, 2.45) is 5.41 Å². The third-order valence-electron chi connectivity index (χ3n) is 8.10. The molecular weight excluding hydrogens is 389 g/mol. The van der Waals surface area contributed by atoms with Gasteiger partial charge in [-0.25, -0.2) is 0 Å². The molecule has 5 rings (SSSR count). The Morgan fingerprint density at radius 1 is 1.10 bits per heavy atom. The molecule has 0 saturated carbocycles. The van der Waals surface area contributed by atoms with Crippen LogP contribution >= 0.6 is 7.26 Å². The van der Waals surface area contributed by atoms with E-state index in [0.29, 0.717) is 12.0 Å². The second kappa shape index (κ2) is 7.09. The van der Waals surface area contributed by atoms with Crippen molar-refractivity contribution in [1.82, 2.24) is 5.32 Å². The summed E-state index contributed by atoms with van der Waals surface area (Å²) in [5.74, 6) is 0.118. The summed E-state index contributed by atoms with van der Waals surface area (Å²) in [5.41, 5.74) is 5.39. The van der Waals surface area contributed by atoms with E-state index in [0.717, 1.165) is 12.8 Å². The molecular formula is C26H34NO2P. The van der Waals surface area contributed by atoms with Crippen molar-refractivity contribution in [3.05, 3.63) is 59.7 Å². The maximum atomic E-state index is 13.0. The van der Waals surface area contributed by atoms with Gasteiger partial charge in [0.05, 0.1) is 0 Å². The van der Waals surface area contributed by atoms with Gasteiger partial charge in [-0.05, 0) is 0 Å². The number of alkyl carbamates (subject to hydrolysis) is 1. The molecule has 2 aromatic carbocycles. The van der Waals surface area contributed by atoms with Crippen LogP contribution in [-0.4, -0.2) is 43.4 Å². The molecule has 3 nitrogen and oxygen atoms in total. The predicted molar refractivity (Wildman–Crippen MR) is 127 cm³/mol. The van der Waals surface area contributed by atoms with Gasteiger partial charge < -0.3 is 0 Å². The van der Waals surface area contributed by atoms with Gasteiger partial charge in [0.15, 0.2) is 0 Å². The first-order valence-electron chi connectivity index (χ1n) is 11.5. The van der Waals surface area contributed by atoms with E-state index < -0.39 is 7.26 Å². The number of amides is 1. The van der Waals surface area contributed by atoms with E-state index in [4.69, 9.17) is 4.74 Å². The molecule has 2 bridgehead atoms. The number of hydrogen-bond donors (Lipinski definition) is 1. The number of carbonyl (C=O) groups is 1. The summed E-state index contributed by atoms with van der Waals surface area (Å²) in [6.07, 6.45) is 7.24. The van der Waals surface area contributed by atoms with Crippen LogP contribution in [0.2, 0.25) is 0 Å². The average molecular weight is 424 g/mol. The number of hydrogen-bond acceptors (Lipinski definition) is 2. The van der Waals surface area contributed by atoms with Crippen LogP contribution in [0.4, 0.5) is 4.79 Å². The van der Waals surface area contributed by atoms with Gasteiger partial charge in [0, 0.05) is 0 Å². The van der Waals surface area contributed by atoms with Gasteiger partial charge in [-0.1, -0.05) is 0 Å². The SMILES string of the molecule is CCC1(NC(=O)OCC2c3ccccc3-c3ccccc32)CC2(C)CC[PH](C)(C2)C1. The predicted octanol–water partition coefficient (Wildman–Crippen LogP) is 5.87. The number of carbonyl (C=O) groups excluding carboxylic acids is 1. The Hall–Kier alpha value is -1.86. The van der Waals surface area contributed by atoms with E-state index in [1.54, 1.807) is 0 Å². The molecule has 2 heterocycles. The molecule has 160 valence electrons. The first-order valence-corrected chi connectivity index (χ1v) is 14.6. The molecule has 1 amide bonds. The molecule has 2 aliphatic heterocycles. The number of nitrogens with one attached hydrogen (secondary N) is 1. The number of ether oxygens (including phenoxy) is 1. The summed E-state index contributed by atoms with van der Waals surface area (Å²) in [5, 5.41) is 3.38. The third-order valence-corrected chi connectivity index (χ3v) is 12.8. The van der Waals surface area contributed by atoms with Crippen molar-refractivity contribution in [2.45, 2.75) is 44.6 Å². The van der Waals surface area contributed by atoms with Gasteiger partial charge in [-0.15, -0.1) is 0 Å². The van der Waals surface area contributed by atoms with Crippen molar-refractivity contribution in [3.63, 3.8) is 0 Å². The Labute approximate surface area is 180 Å². The number of fused-ring (bicyclic) bond motifs is 5. The quantitative estimate of drug-likeness (QED) is 0.625. The summed E-state index contributed by atoms with van der Waals surface area (Å²) < 4.78 is 5.89. The molecule has 2 saturated heterocycles. The second-order valence-electron chi connectivity index (χ2n) is 10.7. The Balaban J connectivity index is 1.31. The van der Waals surface area contributed by atoms with Crippen LogP contribution in [0, 0.1) is 5.41 Å². The summed E-state index contributed by atoms with van der Waals surface area (Å²) in [6, 6.07) is 17.0. The molecule has 1 aliphatic carbocycles. The van der Waals surface area contributed by atoms with Crippen molar-refractivity contribution in [1.29, 1.82) is 0 Å². The molecule has 0 aromatic heterocycles. The first kappa shape index (κ1) is 20.1. The molecule has 0 spiro atoms. The fourth-order valence-corrected chi connectivity index (χ4v) is 13.2. The molecule has 4 heteroatoms. The van der Waals surface area contributed by atoms with Crippen LogP contribution < -0.4 is 5.32 Å². The average Bonchev–Trinajstić information content (AvgIpc) is 3.16. The number of rotatable bonds is 4. The van der Waals surface area contributed by atoms with Gasteiger partial charge in [0.1, 0.15) is 0 Å². The van der Waals surface area contributed by atoms with Crippen LogP contribution in [0.15, 0.2) is 48.5 Å². The van der Waals surface area contributed by atoms with Gasteiger partial charge in [-0.2, -0.15) is 0 Å². The van der Waals surface area contributed by atoms with Crippen molar-refractivity contribution < 1.29 is 9.53 Å². The molecule has 2 aromatic rings. The van der Waals surface area contributed by atoms with Crippen LogP contribution in [0.1, 0.15) is 50.2 Å². The van der Waals surface area contributed by atoms with E-state index in [1.165, 1.54) is 47.2 Å². The van der Waals surface area contributed by atoms with E-state index >= 15 is 0 Å². The monoisotopic (exact) mass is 423 g/mol. The maximum absolute atomic E-state index is 13.0. The minimum atomic E-state index is -1.25. The normalized spacial score (nSPS) is 29.7. The van der Waals surface area contributed by atoms with Crippen LogP contribution in [-0.2, 0) is 4.74 Å². The zero-order valence-electron chi connectivity index (χ0n) is 18.5. The summed E-state index contributed by atoms with van der Waals surface area (Å²) >= 11 is 0. The van der Waals surface area contributed by atoms with Crippen LogP contribution in [0.5, 0.6) is 0 Å². The fourth-order valence-electron chi connectivity index (χ4n) is 7.09. The summed E-state index contributed by atoms with van der Waals surface area (Å²) in [7, 11) is -1.25. The molecule has 2 atom stereocenters. The fraction of sp³-hybridized carbons (Fsp3) is 0.500. The second-order valence-corrected chi connectivity index (χ2v) is 15.6. The number of benzene rings is 2. The molecule has 2 fully saturated rings.